The number of hydrogen-bond acceptors (Lipinski definition) is 2. The molecule has 1 aliphatic carbocycles. The van der Waals surface area contributed by atoms with Gasteiger partial charge in [-0.05, 0) is 43.5 Å². The zero-order valence-electron chi connectivity index (χ0n) is 12.0. The van der Waals surface area contributed by atoms with Crippen LogP contribution in [0.25, 0.3) is 0 Å². The highest BCUT2D eigenvalue weighted by molar-refractivity contribution is 5.12. The number of nitrogens with two attached hydrogens (primary N) is 1. The Balaban J connectivity index is 1.63. The summed E-state index contributed by atoms with van der Waals surface area (Å²) >= 11 is 0. The normalized spacial score (nSPS) is 16.6. The zero-order valence-corrected chi connectivity index (χ0v) is 12.0. The first-order valence-corrected chi connectivity index (χ1v) is 7.74. The highest BCUT2D eigenvalue weighted by Crippen LogP contribution is 2.27. The fourth-order valence-corrected chi connectivity index (χ4v) is 3.10. The van der Waals surface area contributed by atoms with Gasteiger partial charge in [0.05, 0.1) is 18.3 Å². The Morgan fingerprint density at radius 2 is 2.00 bits per heavy atom. The van der Waals surface area contributed by atoms with Crippen molar-refractivity contribution in [2.24, 2.45) is 5.73 Å². The fraction of sp³-hybridized carbons (Fsp3) is 0.562. The van der Waals surface area contributed by atoms with Crippen molar-refractivity contribution in [3.63, 3.8) is 0 Å². The van der Waals surface area contributed by atoms with Gasteiger partial charge in [0.15, 0.2) is 0 Å². The van der Waals surface area contributed by atoms with E-state index in [1.54, 1.807) is 0 Å². The molecule has 1 fully saturated rings. The molecule has 2 aromatic rings. The second kappa shape index (κ2) is 6.27. The quantitative estimate of drug-likeness (QED) is 0.910. The van der Waals surface area contributed by atoms with Gasteiger partial charge >= 0.3 is 0 Å². The molecule has 0 spiro atoms. The Morgan fingerprint density at radius 3 is 2.80 bits per heavy atom. The van der Waals surface area contributed by atoms with Gasteiger partial charge in [0.25, 0.3) is 0 Å². The predicted molar refractivity (Wildman–Crippen MR) is 80.6 cm³/mol. The lowest BCUT2D eigenvalue weighted by Crippen LogP contribution is -2.13. The monoisotopic (exact) mass is 272 g/mol. The smallest absolute Gasteiger partial charge is 0.0821 e. The van der Waals surface area contributed by atoms with Gasteiger partial charge in [-0.2, -0.15) is 5.10 Å². The minimum atomic E-state index is 0.620. The summed E-state index contributed by atoms with van der Waals surface area (Å²) in [6.45, 7) is 1.56. The van der Waals surface area contributed by atoms with Crippen LogP contribution in [0.3, 0.4) is 0 Å². The summed E-state index contributed by atoms with van der Waals surface area (Å²) in [5.74, 6) is 0. The number of hydrogen-bond donors (Lipinski definition) is 1. The van der Waals surface area contributed by atoms with Crippen molar-refractivity contribution >= 4 is 0 Å². The molecule has 1 aliphatic rings. The Bertz CT molecular complexity index is 534. The third kappa shape index (κ3) is 3.12. The fourth-order valence-electron chi connectivity index (χ4n) is 3.10. The molecule has 1 saturated carbocycles. The van der Waals surface area contributed by atoms with Crippen LogP contribution in [-0.4, -0.2) is 20.9 Å². The van der Waals surface area contributed by atoms with Gasteiger partial charge in [-0.1, -0.05) is 19.3 Å². The van der Waals surface area contributed by atoms with E-state index >= 15 is 0 Å². The van der Waals surface area contributed by atoms with Crippen LogP contribution in [0, 0.1) is 0 Å². The van der Waals surface area contributed by atoms with Crippen molar-refractivity contribution in [1.82, 2.24) is 14.3 Å². The van der Waals surface area contributed by atoms with Crippen molar-refractivity contribution < 1.29 is 0 Å². The predicted octanol–water partition coefficient (Wildman–Crippen LogP) is 2.74. The summed E-state index contributed by atoms with van der Waals surface area (Å²) in [6.07, 6.45) is 14.0. The van der Waals surface area contributed by atoms with Crippen LogP contribution >= 0.6 is 0 Å². The number of rotatable bonds is 5. The van der Waals surface area contributed by atoms with E-state index in [0.29, 0.717) is 12.6 Å². The van der Waals surface area contributed by atoms with Crippen LogP contribution in [0.4, 0.5) is 0 Å². The number of nitrogens with zero attached hydrogens (tertiary/aromatic N) is 3. The first kappa shape index (κ1) is 13.4. The summed E-state index contributed by atoms with van der Waals surface area (Å²) in [7, 11) is 0. The highest BCUT2D eigenvalue weighted by atomic mass is 15.3. The second-order valence-corrected chi connectivity index (χ2v) is 5.81. The molecule has 4 nitrogen and oxygen atoms in total. The van der Waals surface area contributed by atoms with Gasteiger partial charge in [-0.15, -0.1) is 0 Å². The maximum absolute atomic E-state index is 5.58. The van der Waals surface area contributed by atoms with Gasteiger partial charge < -0.3 is 10.3 Å². The molecule has 0 unspecified atom stereocenters. The molecule has 108 valence electrons. The maximum Gasteiger partial charge on any atom is 0.0821 e. The molecule has 2 N–H and O–H groups in total. The van der Waals surface area contributed by atoms with Gasteiger partial charge in [-0.25, -0.2) is 0 Å². The Kier molecular flexibility index (Phi) is 4.21. The molecule has 4 heteroatoms. The molecule has 3 rings (SSSR count). The van der Waals surface area contributed by atoms with E-state index in [1.165, 1.54) is 37.7 Å². The third-order valence-corrected chi connectivity index (χ3v) is 4.20. The van der Waals surface area contributed by atoms with E-state index < -0.39 is 0 Å². The van der Waals surface area contributed by atoms with Gasteiger partial charge in [0.2, 0.25) is 0 Å². The lowest BCUT2D eigenvalue weighted by Gasteiger charge is -2.21. The van der Waals surface area contributed by atoms with Crippen LogP contribution in [-0.2, 0) is 13.0 Å². The van der Waals surface area contributed by atoms with Crippen LogP contribution < -0.4 is 5.73 Å². The van der Waals surface area contributed by atoms with E-state index in [4.69, 9.17) is 10.8 Å². The Morgan fingerprint density at radius 1 is 1.15 bits per heavy atom. The molecule has 20 heavy (non-hydrogen) atoms. The lowest BCUT2D eigenvalue weighted by atomic mass is 9.96. The molecule has 0 bridgehead atoms. The molecular weight excluding hydrogens is 248 g/mol. The third-order valence-electron chi connectivity index (χ3n) is 4.20. The molecule has 2 aromatic heterocycles. The molecule has 0 aromatic carbocycles. The van der Waals surface area contributed by atoms with Crippen LogP contribution in [0.2, 0.25) is 0 Å². The van der Waals surface area contributed by atoms with Crippen LogP contribution in [0.5, 0.6) is 0 Å². The topological polar surface area (TPSA) is 48.8 Å². The van der Waals surface area contributed by atoms with Gasteiger partial charge in [-0.3, -0.25) is 4.68 Å². The summed E-state index contributed by atoms with van der Waals surface area (Å²) < 4.78 is 4.37. The largest absolute Gasteiger partial charge is 0.348 e. The van der Waals surface area contributed by atoms with Crippen molar-refractivity contribution in [2.75, 3.05) is 6.54 Å². The minimum absolute atomic E-state index is 0.620. The highest BCUT2D eigenvalue weighted by Gasteiger charge is 2.15. The number of aromatic nitrogens is 3. The zero-order chi connectivity index (χ0) is 13.8. The van der Waals surface area contributed by atoms with Gasteiger partial charge in [0.1, 0.15) is 0 Å². The van der Waals surface area contributed by atoms with Crippen molar-refractivity contribution in [3.8, 4) is 0 Å². The first-order chi connectivity index (χ1) is 9.85. The molecule has 0 atom stereocenters. The van der Waals surface area contributed by atoms with Gasteiger partial charge in [0, 0.05) is 18.6 Å². The lowest BCUT2D eigenvalue weighted by molar-refractivity contribution is 0.328. The Hall–Kier alpha value is -1.55. The molecular formula is C16H24N4. The van der Waals surface area contributed by atoms with E-state index in [9.17, 15) is 0 Å². The molecule has 0 aliphatic heterocycles. The standard InChI is InChI=1S/C16H24N4/c17-9-6-14-7-10-19(12-14)13-15-8-11-20(18-15)16-4-2-1-3-5-16/h7-8,10-12,16H,1-6,9,13,17H2. The first-order valence-electron chi connectivity index (χ1n) is 7.74. The average molecular weight is 272 g/mol. The molecule has 0 saturated heterocycles. The molecule has 2 heterocycles. The summed E-state index contributed by atoms with van der Waals surface area (Å²) in [6, 6.07) is 4.91. The van der Waals surface area contributed by atoms with Crippen LogP contribution in [0.15, 0.2) is 30.7 Å². The van der Waals surface area contributed by atoms with Crippen molar-refractivity contribution in [2.45, 2.75) is 51.1 Å². The molecule has 0 radical (unpaired) electrons. The maximum atomic E-state index is 5.58. The van der Waals surface area contributed by atoms with E-state index in [0.717, 1.165) is 18.7 Å². The van der Waals surface area contributed by atoms with Crippen LogP contribution in [0.1, 0.15) is 49.4 Å². The van der Waals surface area contributed by atoms with E-state index in [2.05, 4.69) is 40.0 Å². The Labute approximate surface area is 120 Å². The molecule has 0 amide bonds. The van der Waals surface area contributed by atoms with Crippen molar-refractivity contribution in [1.29, 1.82) is 0 Å². The second-order valence-electron chi connectivity index (χ2n) is 5.81. The summed E-state index contributed by atoms with van der Waals surface area (Å²) in [4.78, 5) is 0. The SMILES string of the molecule is NCCc1ccn(Cc2ccn(C3CCCCC3)n2)c1. The minimum Gasteiger partial charge on any atom is -0.348 e. The van der Waals surface area contributed by atoms with Crippen molar-refractivity contribution in [3.05, 3.63) is 42.0 Å². The van der Waals surface area contributed by atoms with E-state index in [-0.39, 0.29) is 0 Å². The summed E-state index contributed by atoms with van der Waals surface area (Å²) in [5, 5.41) is 4.76. The van der Waals surface area contributed by atoms with E-state index in [1.807, 2.05) is 0 Å². The average Bonchev–Trinajstić information content (AvgIpc) is 3.11. The summed E-state index contributed by atoms with van der Waals surface area (Å²) in [5.41, 5.74) is 8.03.